The SMILES string of the molecule is Cc1cc(Cl)c(C(C)C)cc1OCC(CS)C(C)C. The topological polar surface area (TPSA) is 9.23 Å². The van der Waals surface area contributed by atoms with Crippen molar-refractivity contribution in [2.24, 2.45) is 11.8 Å². The molecule has 1 unspecified atom stereocenters. The lowest BCUT2D eigenvalue weighted by molar-refractivity contribution is 0.225. The Kier molecular flexibility index (Phi) is 6.55. The zero-order chi connectivity index (χ0) is 14.6. The average Bonchev–Trinajstić information content (AvgIpc) is 2.31. The van der Waals surface area contributed by atoms with Gasteiger partial charge in [0, 0.05) is 10.9 Å². The molecule has 0 saturated carbocycles. The summed E-state index contributed by atoms with van der Waals surface area (Å²) in [6.07, 6.45) is 0. The molecular weight excluding hydrogens is 276 g/mol. The number of ether oxygens (including phenoxy) is 1. The van der Waals surface area contributed by atoms with Crippen molar-refractivity contribution < 1.29 is 4.74 Å². The molecule has 1 aromatic carbocycles. The number of benzene rings is 1. The number of hydrogen-bond donors (Lipinski definition) is 1. The highest BCUT2D eigenvalue weighted by molar-refractivity contribution is 7.80. The van der Waals surface area contributed by atoms with Crippen molar-refractivity contribution in [3.05, 3.63) is 28.3 Å². The Morgan fingerprint density at radius 3 is 2.32 bits per heavy atom. The van der Waals surface area contributed by atoms with E-state index < -0.39 is 0 Å². The lowest BCUT2D eigenvalue weighted by Gasteiger charge is -2.21. The largest absolute Gasteiger partial charge is 0.493 e. The van der Waals surface area contributed by atoms with Gasteiger partial charge in [0.1, 0.15) is 5.75 Å². The second kappa shape index (κ2) is 7.44. The molecule has 0 fully saturated rings. The zero-order valence-electron chi connectivity index (χ0n) is 12.5. The van der Waals surface area contributed by atoms with E-state index in [0.717, 1.165) is 27.7 Å². The van der Waals surface area contributed by atoms with Crippen LogP contribution in [-0.4, -0.2) is 12.4 Å². The van der Waals surface area contributed by atoms with Gasteiger partial charge in [-0.1, -0.05) is 39.3 Å². The fraction of sp³-hybridized carbons (Fsp3) is 0.625. The summed E-state index contributed by atoms with van der Waals surface area (Å²) in [5, 5.41) is 0.828. The molecule has 0 heterocycles. The molecule has 0 N–H and O–H groups in total. The highest BCUT2D eigenvalue weighted by Crippen LogP contribution is 2.31. The first-order valence-corrected chi connectivity index (χ1v) is 7.91. The summed E-state index contributed by atoms with van der Waals surface area (Å²) < 4.78 is 5.99. The molecule has 0 saturated heterocycles. The Morgan fingerprint density at radius 2 is 1.84 bits per heavy atom. The molecule has 0 aliphatic carbocycles. The smallest absolute Gasteiger partial charge is 0.122 e. The van der Waals surface area contributed by atoms with Gasteiger partial charge in [0.05, 0.1) is 6.61 Å². The third-order valence-corrected chi connectivity index (χ3v) is 4.34. The summed E-state index contributed by atoms with van der Waals surface area (Å²) in [4.78, 5) is 0. The minimum absolute atomic E-state index is 0.404. The molecule has 108 valence electrons. The van der Waals surface area contributed by atoms with Crippen molar-refractivity contribution in [2.75, 3.05) is 12.4 Å². The Bertz CT molecular complexity index is 415. The second-order valence-electron chi connectivity index (χ2n) is 5.79. The van der Waals surface area contributed by atoms with Gasteiger partial charge < -0.3 is 4.74 Å². The molecule has 19 heavy (non-hydrogen) atoms. The van der Waals surface area contributed by atoms with E-state index in [1.807, 2.05) is 13.0 Å². The highest BCUT2D eigenvalue weighted by Gasteiger charge is 2.15. The first-order valence-electron chi connectivity index (χ1n) is 6.90. The van der Waals surface area contributed by atoms with E-state index in [1.54, 1.807) is 0 Å². The Morgan fingerprint density at radius 1 is 1.21 bits per heavy atom. The first kappa shape index (κ1) is 16.7. The molecule has 0 amide bonds. The molecule has 0 bridgehead atoms. The van der Waals surface area contributed by atoms with Crippen LogP contribution in [0.25, 0.3) is 0 Å². The summed E-state index contributed by atoms with van der Waals surface area (Å²) >= 11 is 10.7. The maximum atomic E-state index is 6.27. The number of halogens is 1. The van der Waals surface area contributed by atoms with Crippen LogP contribution < -0.4 is 4.74 Å². The van der Waals surface area contributed by atoms with E-state index in [-0.39, 0.29) is 0 Å². The molecule has 1 nitrogen and oxygen atoms in total. The number of hydrogen-bond acceptors (Lipinski definition) is 2. The quantitative estimate of drug-likeness (QED) is 0.697. The lowest BCUT2D eigenvalue weighted by atomic mass is 9.98. The van der Waals surface area contributed by atoms with Crippen LogP contribution in [0.3, 0.4) is 0 Å². The third kappa shape index (κ3) is 4.61. The number of thiol groups is 1. The lowest BCUT2D eigenvalue weighted by Crippen LogP contribution is -2.19. The predicted molar refractivity (Wildman–Crippen MR) is 88.0 cm³/mol. The molecule has 1 rings (SSSR count). The van der Waals surface area contributed by atoms with Crippen LogP contribution in [0.4, 0.5) is 0 Å². The minimum atomic E-state index is 0.404. The van der Waals surface area contributed by atoms with Crippen molar-refractivity contribution in [1.82, 2.24) is 0 Å². The summed E-state index contributed by atoms with van der Waals surface area (Å²) in [6.45, 7) is 11.4. The van der Waals surface area contributed by atoms with E-state index in [9.17, 15) is 0 Å². The molecule has 0 aromatic heterocycles. The van der Waals surface area contributed by atoms with Crippen molar-refractivity contribution in [2.45, 2.75) is 40.5 Å². The monoisotopic (exact) mass is 300 g/mol. The van der Waals surface area contributed by atoms with Crippen LogP contribution in [0.2, 0.25) is 5.02 Å². The molecule has 1 aromatic rings. The summed E-state index contributed by atoms with van der Waals surface area (Å²) in [5.41, 5.74) is 2.24. The van der Waals surface area contributed by atoms with Gasteiger partial charge in [-0.05, 0) is 47.8 Å². The second-order valence-corrected chi connectivity index (χ2v) is 6.56. The fourth-order valence-corrected chi connectivity index (χ4v) is 2.88. The Hall–Kier alpha value is -0.340. The van der Waals surface area contributed by atoms with E-state index in [2.05, 4.69) is 46.4 Å². The van der Waals surface area contributed by atoms with Crippen LogP contribution in [0.5, 0.6) is 5.75 Å². The molecule has 0 aliphatic rings. The summed E-state index contributed by atoms with van der Waals surface area (Å²) in [7, 11) is 0. The van der Waals surface area contributed by atoms with Crippen LogP contribution in [-0.2, 0) is 0 Å². The predicted octanol–water partition coefficient (Wildman–Crippen LogP) is 5.35. The van der Waals surface area contributed by atoms with E-state index >= 15 is 0 Å². The maximum Gasteiger partial charge on any atom is 0.122 e. The number of aryl methyl sites for hydroxylation is 1. The minimum Gasteiger partial charge on any atom is -0.493 e. The van der Waals surface area contributed by atoms with Gasteiger partial charge in [-0.2, -0.15) is 12.6 Å². The van der Waals surface area contributed by atoms with Crippen molar-refractivity contribution in [3.8, 4) is 5.75 Å². The Labute approximate surface area is 128 Å². The standard InChI is InChI=1S/C16H25ClOS/c1-10(2)13(9-19)8-18-16-7-14(11(3)4)15(17)6-12(16)5/h6-7,10-11,13,19H,8-9H2,1-5H3. The molecule has 0 spiro atoms. The molecule has 1 atom stereocenters. The fourth-order valence-electron chi connectivity index (χ4n) is 1.92. The van der Waals surface area contributed by atoms with Crippen LogP contribution >= 0.6 is 24.2 Å². The molecular formula is C16H25ClOS. The van der Waals surface area contributed by atoms with Crippen molar-refractivity contribution in [3.63, 3.8) is 0 Å². The van der Waals surface area contributed by atoms with E-state index in [1.165, 1.54) is 0 Å². The number of rotatable bonds is 6. The zero-order valence-corrected chi connectivity index (χ0v) is 14.2. The molecule has 0 radical (unpaired) electrons. The van der Waals surface area contributed by atoms with E-state index in [4.69, 9.17) is 16.3 Å². The highest BCUT2D eigenvalue weighted by atomic mass is 35.5. The van der Waals surface area contributed by atoms with Gasteiger partial charge in [0.25, 0.3) is 0 Å². The third-order valence-electron chi connectivity index (χ3n) is 3.55. The summed E-state index contributed by atoms with van der Waals surface area (Å²) in [5.74, 6) is 3.25. The van der Waals surface area contributed by atoms with Crippen LogP contribution in [0, 0.1) is 18.8 Å². The normalized spacial score (nSPS) is 13.1. The van der Waals surface area contributed by atoms with Gasteiger partial charge >= 0.3 is 0 Å². The van der Waals surface area contributed by atoms with Gasteiger partial charge in [-0.25, -0.2) is 0 Å². The van der Waals surface area contributed by atoms with Crippen molar-refractivity contribution in [1.29, 1.82) is 0 Å². The van der Waals surface area contributed by atoms with Gasteiger partial charge in [-0.15, -0.1) is 0 Å². The average molecular weight is 301 g/mol. The van der Waals surface area contributed by atoms with Gasteiger partial charge in [-0.3, -0.25) is 0 Å². The van der Waals surface area contributed by atoms with Crippen LogP contribution in [0.1, 0.15) is 44.7 Å². The molecule has 0 aliphatic heterocycles. The van der Waals surface area contributed by atoms with E-state index in [0.29, 0.717) is 24.4 Å². The van der Waals surface area contributed by atoms with Crippen molar-refractivity contribution >= 4 is 24.2 Å². The first-order chi connectivity index (χ1) is 8.86. The maximum absolute atomic E-state index is 6.27. The molecule has 3 heteroatoms. The van der Waals surface area contributed by atoms with Crippen LogP contribution in [0.15, 0.2) is 12.1 Å². The van der Waals surface area contributed by atoms with Gasteiger partial charge in [0.2, 0.25) is 0 Å². The van der Waals surface area contributed by atoms with Gasteiger partial charge in [0.15, 0.2) is 0 Å². The summed E-state index contributed by atoms with van der Waals surface area (Å²) in [6, 6.07) is 4.08. The Balaban J connectivity index is 2.86.